The Morgan fingerprint density at radius 3 is 2.65 bits per heavy atom. The van der Waals surface area contributed by atoms with E-state index in [-0.39, 0.29) is 5.91 Å². The predicted octanol–water partition coefficient (Wildman–Crippen LogP) is 4.64. The first-order valence-electron chi connectivity index (χ1n) is 9.13. The highest BCUT2D eigenvalue weighted by Gasteiger charge is 2.19. The summed E-state index contributed by atoms with van der Waals surface area (Å²) in [7, 11) is 0. The van der Waals surface area contributed by atoms with Crippen molar-refractivity contribution in [1.82, 2.24) is 14.5 Å². The summed E-state index contributed by atoms with van der Waals surface area (Å²) >= 11 is 0. The van der Waals surface area contributed by atoms with Gasteiger partial charge in [0.1, 0.15) is 11.6 Å². The summed E-state index contributed by atoms with van der Waals surface area (Å²) in [5.41, 5.74) is 2.39. The molecule has 1 aromatic heterocycles. The van der Waals surface area contributed by atoms with Crippen LogP contribution in [0.3, 0.4) is 0 Å². The second kappa shape index (κ2) is 8.13. The zero-order chi connectivity index (χ0) is 18.5. The first kappa shape index (κ1) is 18.1. The lowest BCUT2D eigenvalue weighted by Gasteiger charge is -2.22. The minimum atomic E-state index is -0.398. The Kier molecular flexibility index (Phi) is 5.66. The first-order valence-corrected chi connectivity index (χ1v) is 9.13. The number of carbonyl (C=O) groups excluding carboxylic acids is 1. The standard InChI is InChI=1S/C21H24FN3O/c1-3-12-24(21(26)16-8-7-9-17(22)14-16)15-20-23-18-10-5-6-11-19(18)25(20)13-4-2/h5-11,14H,3-4,12-13,15H2,1-2H3. The molecule has 0 unspecified atom stereocenters. The number of hydrogen-bond donors (Lipinski definition) is 0. The lowest BCUT2D eigenvalue weighted by Crippen LogP contribution is -2.32. The van der Waals surface area contributed by atoms with Crippen molar-refractivity contribution in [3.05, 3.63) is 65.7 Å². The fraction of sp³-hybridized carbons (Fsp3) is 0.333. The van der Waals surface area contributed by atoms with Gasteiger partial charge in [0.25, 0.3) is 5.91 Å². The molecule has 4 nitrogen and oxygen atoms in total. The molecule has 1 amide bonds. The number of fused-ring (bicyclic) bond motifs is 1. The van der Waals surface area contributed by atoms with E-state index in [0.717, 1.165) is 36.2 Å². The van der Waals surface area contributed by atoms with Crippen LogP contribution in [0.1, 0.15) is 42.9 Å². The van der Waals surface area contributed by atoms with Gasteiger partial charge < -0.3 is 9.47 Å². The maximum atomic E-state index is 13.5. The molecule has 0 saturated carbocycles. The normalized spacial score (nSPS) is 11.0. The quantitative estimate of drug-likeness (QED) is 0.621. The van der Waals surface area contributed by atoms with Crippen LogP contribution in [0.4, 0.5) is 4.39 Å². The van der Waals surface area contributed by atoms with Crippen molar-refractivity contribution < 1.29 is 9.18 Å². The number of halogens is 1. The minimum absolute atomic E-state index is 0.165. The molecule has 0 atom stereocenters. The molecule has 0 radical (unpaired) electrons. The van der Waals surface area contributed by atoms with Gasteiger partial charge in [-0.1, -0.05) is 32.0 Å². The van der Waals surface area contributed by atoms with Crippen molar-refractivity contribution in [1.29, 1.82) is 0 Å². The van der Waals surface area contributed by atoms with E-state index >= 15 is 0 Å². The smallest absolute Gasteiger partial charge is 0.254 e. The molecule has 0 saturated heterocycles. The molecule has 0 fully saturated rings. The molecular weight excluding hydrogens is 329 g/mol. The first-order chi connectivity index (χ1) is 12.6. The monoisotopic (exact) mass is 353 g/mol. The molecule has 0 spiro atoms. The number of rotatable bonds is 7. The van der Waals surface area contributed by atoms with Crippen LogP contribution >= 0.6 is 0 Å². The third-order valence-corrected chi connectivity index (χ3v) is 4.37. The fourth-order valence-electron chi connectivity index (χ4n) is 3.22. The molecule has 2 aromatic carbocycles. The molecule has 136 valence electrons. The van der Waals surface area contributed by atoms with E-state index in [1.54, 1.807) is 17.0 Å². The van der Waals surface area contributed by atoms with E-state index in [0.29, 0.717) is 18.7 Å². The highest BCUT2D eigenvalue weighted by molar-refractivity contribution is 5.94. The van der Waals surface area contributed by atoms with Crippen LogP contribution in [0, 0.1) is 5.82 Å². The average Bonchev–Trinajstić information content (AvgIpc) is 2.98. The summed E-state index contributed by atoms with van der Waals surface area (Å²) in [6.07, 6.45) is 1.81. The third-order valence-electron chi connectivity index (χ3n) is 4.37. The van der Waals surface area contributed by atoms with Gasteiger partial charge in [-0.15, -0.1) is 0 Å². The van der Waals surface area contributed by atoms with E-state index in [1.165, 1.54) is 12.1 Å². The predicted molar refractivity (Wildman–Crippen MR) is 101 cm³/mol. The number of aromatic nitrogens is 2. The second-order valence-electron chi connectivity index (χ2n) is 6.41. The third kappa shape index (κ3) is 3.77. The van der Waals surface area contributed by atoms with E-state index in [2.05, 4.69) is 17.6 Å². The molecule has 3 rings (SSSR count). The topological polar surface area (TPSA) is 38.1 Å². The minimum Gasteiger partial charge on any atom is -0.331 e. The number of aryl methyl sites for hydroxylation is 1. The van der Waals surface area contributed by atoms with Gasteiger partial charge in [-0.2, -0.15) is 0 Å². The Bertz CT molecular complexity index is 903. The van der Waals surface area contributed by atoms with Gasteiger partial charge in [0.05, 0.1) is 17.6 Å². The maximum Gasteiger partial charge on any atom is 0.254 e. The number of carbonyl (C=O) groups is 1. The van der Waals surface area contributed by atoms with Crippen molar-refractivity contribution in [3.8, 4) is 0 Å². The van der Waals surface area contributed by atoms with Crippen LogP contribution in [0.15, 0.2) is 48.5 Å². The Morgan fingerprint density at radius 2 is 1.92 bits per heavy atom. The van der Waals surface area contributed by atoms with Crippen LogP contribution in [-0.4, -0.2) is 26.9 Å². The van der Waals surface area contributed by atoms with Gasteiger partial charge in [-0.05, 0) is 43.2 Å². The van der Waals surface area contributed by atoms with Crippen LogP contribution in [0.25, 0.3) is 11.0 Å². The Labute approximate surface area is 153 Å². The van der Waals surface area contributed by atoms with Gasteiger partial charge in [-0.25, -0.2) is 9.37 Å². The van der Waals surface area contributed by atoms with Gasteiger partial charge in [0.2, 0.25) is 0 Å². The van der Waals surface area contributed by atoms with Crippen molar-refractivity contribution >= 4 is 16.9 Å². The van der Waals surface area contributed by atoms with Gasteiger partial charge in [0, 0.05) is 18.7 Å². The van der Waals surface area contributed by atoms with Crippen molar-refractivity contribution in [2.24, 2.45) is 0 Å². The SMILES string of the molecule is CCCN(Cc1nc2ccccc2n1CCC)C(=O)c1cccc(F)c1. The fourth-order valence-corrected chi connectivity index (χ4v) is 3.22. The van der Waals surface area contributed by atoms with Crippen molar-refractivity contribution in [2.75, 3.05) is 6.54 Å². The van der Waals surface area contributed by atoms with Crippen LogP contribution in [0.5, 0.6) is 0 Å². The Morgan fingerprint density at radius 1 is 1.12 bits per heavy atom. The molecule has 1 heterocycles. The lowest BCUT2D eigenvalue weighted by atomic mass is 10.2. The van der Waals surface area contributed by atoms with Crippen molar-refractivity contribution in [2.45, 2.75) is 39.8 Å². The molecule has 0 N–H and O–H groups in total. The summed E-state index contributed by atoms with van der Waals surface area (Å²) < 4.78 is 15.7. The molecule has 0 bridgehead atoms. The summed E-state index contributed by atoms with van der Waals surface area (Å²) in [4.78, 5) is 19.4. The zero-order valence-electron chi connectivity index (χ0n) is 15.3. The summed E-state index contributed by atoms with van der Waals surface area (Å²) in [6, 6.07) is 13.9. The van der Waals surface area contributed by atoms with Gasteiger partial charge >= 0.3 is 0 Å². The lowest BCUT2D eigenvalue weighted by molar-refractivity contribution is 0.0736. The molecular formula is C21H24FN3O. The van der Waals surface area contributed by atoms with E-state index in [9.17, 15) is 9.18 Å². The number of imidazole rings is 1. The molecule has 5 heteroatoms. The Balaban J connectivity index is 1.94. The molecule has 26 heavy (non-hydrogen) atoms. The van der Waals surface area contributed by atoms with Crippen LogP contribution in [-0.2, 0) is 13.1 Å². The molecule has 0 aliphatic heterocycles. The van der Waals surface area contributed by atoms with Crippen molar-refractivity contribution in [3.63, 3.8) is 0 Å². The number of benzene rings is 2. The summed E-state index contributed by atoms with van der Waals surface area (Å²) in [6.45, 7) is 6.02. The van der Waals surface area contributed by atoms with E-state index < -0.39 is 5.82 Å². The van der Waals surface area contributed by atoms with Gasteiger partial charge in [-0.3, -0.25) is 4.79 Å². The molecule has 3 aromatic rings. The summed E-state index contributed by atoms with van der Waals surface area (Å²) in [5.74, 6) is 0.304. The Hall–Kier alpha value is -2.69. The maximum absolute atomic E-state index is 13.5. The number of hydrogen-bond acceptors (Lipinski definition) is 2. The van der Waals surface area contributed by atoms with Crippen LogP contribution < -0.4 is 0 Å². The number of amides is 1. The van der Waals surface area contributed by atoms with Crippen LogP contribution in [0.2, 0.25) is 0 Å². The van der Waals surface area contributed by atoms with E-state index in [4.69, 9.17) is 4.98 Å². The molecule has 0 aliphatic rings. The molecule has 0 aliphatic carbocycles. The second-order valence-corrected chi connectivity index (χ2v) is 6.41. The highest BCUT2D eigenvalue weighted by atomic mass is 19.1. The largest absolute Gasteiger partial charge is 0.331 e. The summed E-state index contributed by atoms with van der Waals surface area (Å²) in [5, 5.41) is 0. The zero-order valence-corrected chi connectivity index (χ0v) is 15.3. The highest BCUT2D eigenvalue weighted by Crippen LogP contribution is 2.19. The number of nitrogens with zero attached hydrogens (tertiary/aromatic N) is 3. The number of para-hydroxylation sites is 2. The average molecular weight is 353 g/mol. The van der Waals surface area contributed by atoms with Gasteiger partial charge in [0.15, 0.2) is 0 Å². The van der Waals surface area contributed by atoms with E-state index in [1.807, 2.05) is 25.1 Å².